The number of fused-ring (bicyclic) bond motifs is 1. The number of hydrogen-bond acceptors (Lipinski definition) is 4. The molecule has 0 atom stereocenters. The van der Waals surface area contributed by atoms with E-state index in [2.05, 4.69) is 20.4 Å². The average Bonchev–Trinajstić information content (AvgIpc) is 3.11. The molecule has 0 unspecified atom stereocenters. The molecule has 2 heterocycles. The lowest BCUT2D eigenvalue weighted by molar-refractivity contribution is 0.259. The monoisotopic (exact) mass is 330 g/mol. The second-order valence-corrected chi connectivity index (χ2v) is 5.45. The van der Waals surface area contributed by atoms with Crippen LogP contribution >= 0.6 is 0 Å². The van der Waals surface area contributed by atoms with Crippen LogP contribution in [0.25, 0.3) is 28.0 Å². The lowest BCUT2D eigenvalue weighted by Gasteiger charge is -2.04. The maximum Gasteiger partial charge on any atom is 0.316 e. The predicted octanol–water partition coefficient (Wildman–Crippen LogP) is 2.97. The normalized spacial score (nSPS) is 10.7. The topological polar surface area (TPSA) is 98.7 Å². The molecule has 0 aliphatic carbocycles. The van der Waals surface area contributed by atoms with Crippen molar-refractivity contribution in [2.24, 2.45) is 5.73 Å². The first-order chi connectivity index (χ1) is 12.2. The Morgan fingerprint density at radius 2 is 1.76 bits per heavy atom. The summed E-state index contributed by atoms with van der Waals surface area (Å²) in [7, 11) is 0. The summed E-state index contributed by atoms with van der Waals surface area (Å²) in [4.78, 5) is 19.9. The van der Waals surface area contributed by atoms with E-state index in [-0.39, 0.29) is 0 Å². The van der Waals surface area contributed by atoms with Crippen LogP contribution in [0, 0.1) is 0 Å². The molecular weight excluding hydrogens is 316 g/mol. The van der Waals surface area contributed by atoms with Crippen molar-refractivity contribution >= 4 is 22.8 Å². The summed E-state index contributed by atoms with van der Waals surface area (Å²) in [6.07, 6.45) is 5.37. The second-order valence-electron chi connectivity index (χ2n) is 5.45. The Bertz CT molecular complexity index is 1050. The Labute approximate surface area is 143 Å². The van der Waals surface area contributed by atoms with Gasteiger partial charge in [0.05, 0.1) is 34.8 Å². The number of hydrogen-bond donors (Lipinski definition) is 2. The molecule has 2 amide bonds. The quantitative estimate of drug-likeness (QED) is 0.603. The van der Waals surface area contributed by atoms with Gasteiger partial charge in [-0.15, -0.1) is 0 Å². The lowest BCUT2D eigenvalue weighted by Crippen LogP contribution is -2.19. The number of urea groups is 1. The van der Waals surface area contributed by atoms with Gasteiger partial charge >= 0.3 is 6.03 Å². The number of para-hydroxylation sites is 2. The Kier molecular flexibility index (Phi) is 3.59. The number of nitrogens with zero attached hydrogens (tertiary/aromatic N) is 4. The molecule has 0 radical (unpaired) electrons. The minimum absolute atomic E-state index is 0.594. The van der Waals surface area contributed by atoms with Gasteiger partial charge in [0, 0.05) is 17.4 Å². The summed E-state index contributed by atoms with van der Waals surface area (Å²) in [5.41, 5.74) is 9.92. The number of aromatic nitrogens is 4. The van der Waals surface area contributed by atoms with Gasteiger partial charge in [-0.25, -0.2) is 14.5 Å². The van der Waals surface area contributed by atoms with E-state index in [1.165, 1.54) is 0 Å². The average molecular weight is 330 g/mol. The molecule has 0 saturated heterocycles. The molecule has 0 fully saturated rings. The molecule has 2 aromatic carbocycles. The number of nitrogens with two attached hydrogens (primary N) is 1. The highest BCUT2D eigenvalue weighted by atomic mass is 16.2. The van der Waals surface area contributed by atoms with Gasteiger partial charge in [-0.05, 0) is 36.4 Å². The molecule has 3 N–H and O–H groups in total. The van der Waals surface area contributed by atoms with E-state index in [1.807, 2.05) is 42.6 Å². The smallest absolute Gasteiger partial charge is 0.316 e. The van der Waals surface area contributed by atoms with Crippen molar-refractivity contribution in [3.05, 3.63) is 67.1 Å². The van der Waals surface area contributed by atoms with Gasteiger partial charge in [0.25, 0.3) is 0 Å². The number of nitrogens with one attached hydrogen (secondary N) is 1. The third kappa shape index (κ3) is 3.02. The van der Waals surface area contributed by atoms with Crippen LogP contribution in [0.5, 0.6) is 0 Å². The maximum absolute atomic E-state index is 10.9. The number of primary amides is 1. The summed E-state index contributed by atoms with van der Waals surface area (Å²) in [6.45, 7) is 0. The van der Waals surface area contributed by atoms with Crippen LogP contribution in [0.2, 0.25) is 0 Å². The molecule has 0 aliphatic rings. The molecule has 25 heavy (non-hydrogen) atoms. The fourth-order valence-electron chi connectivity index (χ4n) is 2.53. The maximum atomic E-state index is 10.9. The minimum atomic E-state index is -0.594. The van der Waals surface area contributed by atoms with Crippen LogP contribution in [0.1, 0.15) is 0 Å². The Balaban J connectivity index is 1.63. The van der Waals surface area contributed by atoms with E-state index >= 15 is 0 Å². The van der Waals surface area contributed by atoms with Crippen molar-refractivity contribution in [3.63, 3.8) is 0 Å². The molecular formula is C18H14N6O. The third-order valence-electron chi connectivity index (χ3n) is 3.73. The first-order valence-corrected chi connectivity index (χ1v) is 7.63. The van der Waals surface area contributed by atoms with Gasteiger partial charge in [0.15, 0.2) is 0 Å². The number of carbonyl (C=O) groups excluding carboxylic acids is 1. The number of rotatable bonds is 3. The molecule has 0 saturated carbocycles. The molecule has 7 nitrogen and oxygen atoms in total. The predicted molar refractivity (Wildman–Crippen MR) is 95.3 cm³/mol. The fourth-order valence-corrected chi connectivity index (χ4v) is 2.53. The molecule has 4 aromatic rings. The van der Waals surface area contributed by atoms with E-state index in [1.54, 1.807) is 29.2 Å². The highest BCUT2D eigenvalue weighted by Gasteiger charge is 2.07. The Morgan fingerprint density at radius 1 is 1.00 bits per heavy atom. The van der Waals surface area contributed by atoms with E-state index in [0.717, 1.165) is 28.0 Å². The van der Waals surface area contributed by atoms with Gasteiger partial charge < -0.3 is 11.1 Å². The van der Waals surface area contributed by atoms with E-state index < -0.39 is 6.03 Å². The number of carbonyl (C=O) groups is 1. The van der Waals surface area contributed by atoms with Crippen LogP contribution < -0.4 is 11.1 Å². The minimum Gasteiger partial charge on any atom is -0.351 e. The highest BCUT2D eigenvalue weighted by molar-refractivity contribution is 5.87. The number of anilines is 1. The van der Waals surface area contributed by atoms with Crippen molar-refractivity contribution in [1.82, 2.24) is 19.7 Å². The number of benzene rings is 2. The first kappa shape index (κ1) is 14.8. The van der Waals surface area contributed by atoms with E-state index in [9.17, 15) is 4.79 Å². The van der Waals surface area contributed by atoms with Gasteiger partial charge in [-0.2, -0.15) is 5.10 Å². The van der Waals surface area contributed by atoms with E-state index in [4.69, 9.17) is 5.73 Å². The fraction of sp³-hybridized carbons (Fsp3) is 0. The van der Waals surface area contributed by atoms with Gasteiger partial charge in [-0.3, -0.25) is 4.98 Å². The molecule has 0 bridgehead atoms. The summed E-state index contributed by atoms with van der Waals surface area (Å²) in [6, 6.07) is 14.3. The zero-order valence-electron chi connectivity index (χ0n) is 13.1. The molecule has 122 valence electrons. The van der Waals surface area contributed by atoms with Crippen molar-refractivity contribution in [1.29, 1.82) is 0 Å². The molecule has 2 aromatic heterocycles. The van der Waals surface area contributed by atoms with Crippen molar-refractivity contribution in [2.45, 2.75) is 0 Å². The summed E-state index contributed by atoms with van der Waals surface area (Å²) in [5, 5.41) is 6.89. The van der Waals surface area contributed by atoms with Crippen LogP contribution in [0.15, 0.2) is 67.1 Å². The zero-order chi connectivity index (χ0) is 17.2. The summed E-state index contributed by atoms with van der Waals surface area (Å²) < 4.78 is 1.74. The van der Waals surface area contributed by atoms with Crippen molar-refractivity contribution in [3.8, 4) is 16.9 Å². The Hall–Kier alpha value is -3.74. The molecule has 4 rings (SSSR count). The van der Waals surface area contributed by atoms with E-state index in [0.29, 0.717) is 5.69 Å². The number of amides is 2. The summed E-state index contributed by atoms with van der Waals surface area (Å²) >= 11 is 0. The van der Waals surface area contributed by atoms with Crippen molar-refractivity contribution in [2.75, 3.05) is 5.32 Å². The standard InChI is InChI=1S/C18H14N6O/c19-18(25)22-13-5-7-14(8-6-13)24-11-12(9-21-24)17-10-20-15-3-1-2-4-16(15)23-17/h1-11H,(H3,19,22,25). The second kappa shape index (κ2) is 6.04. The van der Waals surface area contributed by atoms with Gasteiger partial charge in [-0.1, -0.05) is 12.1 Å². The zero-order valence-corrected chi connectivity index (χ0v) is 13.1. The SMILES string of the molecule is NC(=O)Nc1ccc(-n2cc(-c3cnc4ccccc4n3)cn2)cc1. The Morgan fingerprint density at radius 3 is 2.52 bits per heavy atom. The van der Waals surface area contributed by atoms with Gasteiger partial charge in [0.2, 0.25) is 0 Å². The molecule has 0 aliphatic heterocycles. The lowest BCUT2D eigenvalue weighted by atomic mass is 10.2. The molecule has 7 heteroatoms. The molecule has 0 spiro atoms. The van der Waals surface area contributed by atoms with Crippen molar-refractivity contribution < 1.29 is 4.79 Å². The van der Waals surface area contributed by atoms with Crippen LogP contribution in [0.3, 0.4) is 0 Å². The van der Waals surface area contributed by atoms with Gasteiger partial charge in [0.1, 0.15) is 0 Å². The third-order valence-corrected chi connectivity index (χ3v) is 3.73. The van der Waals surface area contributed by atoms with Crippen LogP contribution in [0.4, 0.5) is 10.5 Å². The summed E-state index contributed by atoms with van der Waals surface area (Å²) in [5.74, 6) is 0. The highest BCUT2D eigenvalue weighted by Crippen LogP contribution is 2.20. The van der Waals surface area contributed by atoms with Crippen LogP contribution in [-0.4, -0.2) is 25.8 Å². The first-order valence-electron chi connectivity index (χ1n) is 7.63. The largest absolute Gasteiger partial charge is 0.351 e. The van der Waals surface area contributed by atoms with Crippen LogP contribution in [-0.2, 0) is 0 Å².